The van der Waals surface area contributed by atoms with E-state index in [4.69, 9.17) is 15.2 Å². The molecule has 0 unspecified atom stereocenters. The fourth-order valence-corrected chi connectivity index (χ4v) is 2.63. The number of rotatable bonds is 6. The molecule has 0 radical (unpaired) electrons. The quantitative estimate of drug-likeness (QED) is 0.838. The molecule has 0 fully saturated rings. The number of phenolic OH excluding ortho intramolecular Hbond substituents is 1. The van der Waals surface area contributed by atoms with Crippen molar-refractivity contribution in [1.29, 1.82) is 0 Å². The monoisotopic (exact) mass is 351 g/mol. The van der Waals surface area contributed by atoms with Crippen molar-refractivity contribution < 1.29 is 14.6 Å². The maximum Gasteiger partial charge on any atom is 0.175 e. The maximum absolute atomic E-state index is 9.46. The van der Waals surface area contributed by atoms with Crippen LogP contribution in [-0.2, 0) is 13.0 Å². The van der Waals surface area contributed by atoms with Crippen LogP contribution in [0.5, 0.6) is 17.2 Å². The van der Waals surface area contributed by atoms with E-state index in [-0.39, 0.29) is 5.75 Å². The van der Waals surface area contributed by atoms with Gasteiger partial charge in [0.15, 0.2) is 11.5 Å². The Morgan fingerprint density at radius 3 is 2.67 bits per heavy atom. The summed E-state index contributed by atoms with van der Waals surface area (Å²) in [4.78, 5) is 0. The first-order valence-electron chi connectivity index (χ1n) is 6.61. The highest BCUT2D eigenvalue weighted by Gasteiger charge is 2.12. The van der Waals surface area contributed by atoms with Crippen LogP contribution >= 0.6 is 15.9 Å². The second-order valence-electron chi connectivity index (χ2n) is 4.61. The number of hydrogen-bond acceptors (Lipinski definition) is 4. The van der Waals surface area contributed by atoms with Gasteiger partial charge in [0, 0.05) is 0 Å². The van der Waals surface area contributed by atoms with E-state index in [1.165, 1.54) is 0 Å². The lowest BCUT2D eigenvalue weighted by Crippen LogP contribution is -2.04. The predicted molar refractivity (Wildman–Crippen MR) is 85.9 cm³/mol. The molecule has 0 heterocycles. The van der Waals surface area contributed by atoms with E-state index < -0.39 is 0 Å². The Bertz CT molecular complexity index is 616. The Morgan fingerprint density at radius 1 is 1.19 bits per heavy atom. The SMILES string of the molecule is COc1cc(CCN)cc(Br)c1OCc1cccc(O)c1. The molecule has 0 aromatic heterocycles. The molecule has 0 spiro atoms. The number of aromatic hydroxyl groups is 1. The van der Waals surface area contributed by atoms with Crippen LogP contribution in [0.15, 0.2) is 40.9 Å². The minimum atomic E-state index is 0.223. The third-order valence-corrected chi connectivity index (χ3v) is 3.61. The summed E-state index contributed by atoms with van der Waals surface area (Å²) >= 11 is 3.50. The second kappa shape index (κ2) is 7.33. The first-order chi connectivity index (χ1) is 10.1. The van der Waals surface area contributed by atoms with Gasteiger partial charge in [0.2, 0.25) is 0 Å². The second-order valence-corrected chi connectivity index (χ2v) is 5.46. The lowest BCUT2D eigenvalue weighted by Gasteiger charge is -2.14. The number of benzene rings is 2. The Kier molecular flexibility index (Phi) is 5.47. The molecule has 0 bridgehead atoms. The van der Waals surface area contributed by atoms with Crippen molar-refractivity contribution >= 4 is 15.9 Å². The molecule has 0 aliphatic carbocycles. The van der Waals surface area contributed by atoms with Gasteiger partial charge in [-0.2, -0.15) is 0 Å². The van der Waals surface area contributed by atoms with Crippen molar-refractivity contribution in [2.75, 3.05) is 13.7 Å². The van der Waals surface area contributed by atoms with E-state index in [9.17, 15) is 5.11 Å². The molecular formula is C16H18BrNO3. The molecule has 5 heteroatoms. The highest BCUT2D eigenvalue weighted by molar-refractivity contribution is 9.10. The van der Waals surface area contributed by atoms with Crippen LogP contribution in [0.3, 0.4) is 0 Å². The average molecular weight is 352 g/mol. The van der Waals surface area contributed by atoms with Crippen molar-refractivity contribution in [1.82, 2.24) is 0 Å². The Labute approximate surface area is 132 Å². The number of methoxy groups -OCH3 is 1. The van der Waals surface area contributed by atoms with Gasteiger partial charge in [-0.3, -0.25) is 0 Å². The summed E-state index contributed by atoms with van der Waals surface area (Å²) in [6, 6.07) is 10.9. The summed E-state index contributed by atoms with van der Waals surface area (Å²) in [6.07, 6.45) is 0.780. The van der Waals surface area contributed by atoms with E-state index >= 15 is 0 Å². The van der Waals surface area contributed by atoms with Crippen molar-refractivity contribution in [2.24, 2.45) is 5.73 Å². The van der Waals surface area contributed by atoms with Crippen molar-refractivity contribution in [2.45, 2.75) is 13.0 Å². The van der Waals surface area contributed by atoms with E-state index in [2.05, 4.69) is 15.9 Å². The molecule has 0 aliphatic heterocycles. The summed E-state index contributed by atoms with van der Waals surface area (Å²) in [5.74, 6) is 1.52. The van der Waals surface area contributed by atoms with Gasteiger partial charge < -0.3 is 20.3 Å². The van der Waals surface area contributed by atoms with Gasteiger partial charge in [-0.15, -0.1) is 0 Å². The van der Waals surface area contributed by atoms with Gasteiger partial charge in [-0.1, -0.05) is 12.1 Å². The molecule has 3 N–H and O–H groups in total. The van der Waals surface area contributed by atoms with Crippen LogP contribution in [0.2, 0.25) is 0 Å². The number of phenols is 1. The topological polar surface area (TPSA) is 64.7 Å². The largest absolute Gasteiger partial charge is 0.508 e. The van der Waals surface area contributed by atoms with Crippen LogP contribution in [0, 0.1) is 0 Å². The van der Waals surface area contributed by atoms with E-state index in [1.54, 1.807) is 25.3 Å². The summed E-state index contributed by atoms with van der Waals surface area (Å²) < 4.78 is 12.0. The molecule has 112 valence electrons. The standard InChI is InChI=1S/C16H18BrNO3/c1-20-15-9-11(5-6-18)8-14(17)16(15)21-10-12-3-2-4-13(19)7-12/h2-4,7-9,19H,5-6,10,18H2,1H3. The molecule has 21 heavy (non-hydrogen) atoms. The Balaban J connectivity index is 2.19. The lowest BCUT2D eigenvalue weighted by molar-refractivity contribution is 0.282. The Hall–Kier alpha value is -1.72. The minimum absolute atomic E-state index is 0.223. The predicted octanol–water partition coefficient (Wildman–Crippen LogP) is 3.24. The molecule has 2 aromatic carbocycles. The normalized spacial score (nSPS) is 10.4. The molecular weight excluding hydrogens is 334 g/mol. The maximum atomic E-state index is 9.46. The van der Waals surface area contributed by atoms with Crippen molar-refractivity contribution in [3.8, 4) is 17.2 Å². The summed E-state index contributed by atoms with van der Waals surface area (Å²) in [5, 5.41) is 9.46. The average Bonchev–Trinajstić information content (AvgIpc) is 2.46. The first-order valence-corrected chi connectivity index (χ1v) is 7.40. The van der Waals surface area contributed by atoms with Crippen molar-refractivity contribution in [3.05, 3.63) is 52.0 Å². The molecule has 0 aliphatic rings. The number of hydrogen-bond donors (Lipinski definition) is 2. The molecule has 0 atom stereocenters. The van der Waals surface area contributed by atoms with Crippen LogP contribution in [0.1, 0.15) is 11.1 Å². The summed E-state index contributed by atoms with van der Waals surface area (Å²) in [5.41, 5.74) is 7.55. The third-order valence-electron chi connectivity index (χ3n) is 3.02. The molecule has 0 saturated carbocycles. The van der Waals surface area contributed by atoms with Gasteiger partial charge in [0.05, 0.1) is 11.6 Å². The van der Waals surface area contributed by atoms with E-state index in [1.807, 2.05) is 18.2 Å². The first kappa shape index (κ1) is 15.7. The zero-order chi connectivity index (χ0) is 15.2. The highest BCUT2D eigenvalue weighted by Crippen LogP contribution is 2.37. The van der Waals surface area contributed by atoms with Gasteiger partial charge in [0.25, 0.3) is 0 Å². The number of nitrogens with two attached hydrogens (primary N) is 1. The van der Waals surface area contributed by atoms with Gasteiger partial charge in [0.1, 0.15) is 12.4 Å². The summed E-state index contributed by atoms with van der Waals surface area (Å²) in [7, 11) is 1.61. The zero-order valence-corrected chi connectivity index (χ0v) is 13.4. The van der Waals surface area contributed by atoms with Crippen LogP contribution in [0.4, 0.5) is 0 Å². The lowest BCUT2D eigenvalue weighted by atomic mass is 10.1. The highest BCUT2D eigenvalue weighted by atomic mass is 79.9. The van der Waals surface area contributed by atoms with E-state index in [0.717, 1.165) is 22.0 Å². The molecule has 4 nitrogen and oxygen atoms in total. The molecule has 0 amide bonds. The fourth-order valence-electron chi connectivity index (χ4n) is 2.03. The van der Waals surface area contributed by atoms with Crippen LogP contribution in [0.25, 0.3) is 0 Å². The zero-order valence-electron chi connectivity index (χ0n) is 11.8. The minimum Gasteiger partial charge on any atom is -0.508 e. The summed E-state index contributed by atoms with van der Waals surface area (Å²) in [6.45, 7) is 0.929. The van der Waals surface area contributed by atoms with Crippen LogP contribution < -0.4 is 15.2 Å². The van der Waals surface area contributed by atoms with Gasteiger partial charge in [-0.05, 0) is 64.3 Å². The molecule has 0 saturated heterocycles. The number of halogens is 1. The smallest absolute Gasteiger partial charge is 0.175 e. The Morgan fingerprint density at radius 2 is 2.00 bits per heavy atom. The molecule has 2 aromatic rings. The van der Waals surface area contributed by atoms with Gasteiger partial charge in [-0.25, -0.2) is 0 Å². The van der Waals surface area contributed by atoms with Gasteiger partial charge >= 0.3 is 0 Å². The van der Waals surface area contributed by atoms with E-state index in [0.29, 0.717) is 24.7 Å². The fraction of sp³-hybridized carbons (Fsp3) is 0.250. The molecule has 2 rings (SSSR count). The van der Waals surface area contributed by atoms with Crippen LogP contribution in [-0.4, -0.2) is 18.8 Å². The third kappa shape index (κ3) is 4.12. The van der Waals surface area contributed by atoms with Crippen molar-refractivity contribution in [3.63, 3.8) is 0 Å². The number of ether oxygens (including phenoxy) is 2.